The molecular weight excluding hydrogens is 186 g/mol. The van der Waals surface area contributed by atoms with Crippen molar-refractivity contribution in [3.8, 4) is 0 Å². The Morgan fingerprint density at radius 1 is 1.77 bits per heavy atom. The van der Waals surface area contributed by atoms with Gasteiger partial charge in [0.1, 0.15) is 6.33 Å². The van der Waals surface area contributed by atoms with Gasteiger partial charge in [-0.3, -0.25) is 0 Å². The van der Waals surface area contributed by atoms with Crippen molar-refractivity contribution in [3.63, 3.8) is 0 Å². The zero-order valence-electron chi connectivity index (χ0n) is 7.56. The molecule has 2 heterocycles. The lowest BCUT2D eigenvalue weighted by Gasteiger charge is -2.18. The fourth-order valence-electron chi connectivity index (χ4n) is 1.52. The van der Waals surface area contributed by atoms with Gasteiger partial charge in [-0.05, 0) is 19.8 Å². The maximum atomic E-state index is 5.56. The summed E-state index contributed by atoms with van der Waals surface area (Å²) >= 11 is 1.38. The van der Waals surface area contributed by atoms with Gasteiger partial charge < -0.3 is 10.1 Å². The van der Waals surface area contributed by atoms with Gasteiger partial charge in [0.15, 0.2) is 0 Å². The smallest absolute Gasteiger partial charge is 0.202 e. The summed E-state index contributed by atoms with van der Waals surface area (Å²) in [4.78, 5) is 4.07. The van der Waals surface area contributed by atoms with Crippen LogP contribution in [0.2, 0.25) is 0 Å². The van der Waals surface area contributed by atoms with Crippen LogP contribution in [-0.4, -0.2) is 28.1 Å². The van der Waals surface area contributed by atoms with E-state index < -0.39 is 0 Å². The molecule has 0 saturated carbocycles. The van der Waals surface area contributed by atoms with Gasteiger partial charge in [-0.25, -0.2) is 4.98 Å². The van der Waals surface area contributed by atoms with Crippen LogP contribution >= 0.6 is 11.5 Å². The van der Waals surface area contributed by atoms with Crippen molar-refractivity contribution < 1.29 is 4.74 Å². The number of rotatable bonds is 3. The number of hydrogen-bond acceptors (Lipinski definition) is 5. The third-order valence-electron chi connectivity index (χ3n) is 2.24. The zero-order chi connectivity index (χ0) is 9.10. The first-order chi connectivity index (χ1) is 6.36. The molecule has 1 N–H and O–H groups in total. The maximum absolute atomic E-state index is 5.56. The Morgan fingerprint density at radius 3 is 3.31 bits per heavy atom. The normalized spacial score (nSPS) is 24.5. The first-order valence-electron chi connectivity index (χ1n) is 4.51. The molecule has 2 unspecified atom stereocenters. The van der Waals surface area contributed by atoms with Gasteiger partial charge in [0.2, 0.25) is 5.13 Å². The molecule has 0 bridgehead atoms. The average molecular weight is 199 g/mol. The van der Waals surface area contributed by atoms with Crippen LogP contribution in [0.1, 0.15) is 19.8 Å². The quantitative estimate of drug-likeness (QED) is 0.801. The standard InChI is InChI=1S/C8H13N3OS/c1-6(7-3-2-4-12-7)11-8-9-5-10-13-8/h5-7H,2-4H2,1H3,(H,9,10,11). The van der Waals surface area contributed by atoms with Gasteiger partial charge in [-0.15, -0.1) is 0 Å². The number of ether oxygens (including phenoxy) is 1. The molecule has 4 nitrogen and oxygen atoms in total. The van der Waals surface area contributed by atoms with E-state index in [1.165, 1.54) is 18.0 Å². The average Bonchev–Trinajstić information content (AvgIpc) is 2.74. The molecule has 72 valence electrons. The summed E-state index contributed by atoms with van der Waals surface area (Å²) in [6.45, 7) is 3.02. The Morgan fingerprint density at radius 2 is 2.69 bits per heavy atom. The van der Waals surface area contributed by atoms with Crippen LogP contribution in [0, 0.1) is 0 Å². The summed E-state index contributed by atoms with van der Waals surface area (Å²) in [5.74, 6) is 0. The minimum absolute atomic E-state index is 0.329. The van der Waals surface area contributed by atoms with Crippen LogP contribution in [0.4, 0.5) is 5.13 Å². The number of anilines is 1. The lowest BCUT2D eigenvalue weighted by atomic mass is 10.1. The van der Waals surface area contributed by atoms with E-state index in [9.17, 15) is 0 Å². The number of nitrogens with one attached hydrogen (secondary N) is 1. The first-order valence-corrected chi connectivity index (χ1v) is 5.28. The summed E-state index contributed by atoms with van der Waals surface area (Å²) < 4.78 is 9.49. The van der Waals surface area contributed by atoms with Crippen molar-refractivity contribution >= 4 is 16.7 Å². The number of nitrogens with zero attached hydrogens (tertiary/aromatic N) is 2. The summed E-state index contributed by atoms with van der Waals surface area (Å²) in [7, 11) is 0. The zero-order valence-corrected chi connectivity index (χ0v) is 8.38. The fraction of sp³-hybridized carbons (Fsp3) is 0.750. The maximum Gasteiger partial charge on any atom is 0.202 e. The Kier molecular flexibility index (Phi) is 2.75. The molecule has 0 amide bonds. The second-order valence-electron chi connectivity index (χ2n) is 3.23. The molecule has 2 rings (SSSR count). The van der Waals surface area contributed by atoms with Crippen molar-refractivity contribution in [2.24, 2.45) is 0 Å². The molecule has 1 fully saturated rings. The molecule has 1 saturated heterocycles. The third-order valence-corrected chi connectivity index (χ3v) is 2.83. The van der Waals surface area contributed by atoms with Gasteiger partial charge in [-0.2, -0.15) is 4.37 Å². The molecule has 1 aliphatic rings. The lowest BCUT2D eigenvalue weighted by Crippen LogP contribution is -2.29. The van der Waals surface area contributed by atoms with E-state index >= 15 is 0 Å². The number of hydrogen-bond donors (Lipinski definition) is 1. The molecule has 13 heavy (non-hydrogen) atoms. The summed E-state index contributed by atoms with van der Waals surface area (Å²) in [5, 5.41) is 4.16. The molecule has 5 heteroatoms. The Balaban J connectivity index is 1.87. The summed E-state index contributed by atoms with van der Waals surface area (Å²) in [5.41, 5.74) is 0. The van der Waals surface area contributed by atoms with Gasteiger partial charge in [0.05, 0.1) is 12.1 Å². The minimum Gasteiger partial charge on any atom is -0.376 e. The third kappa shape index (κ3) is 2.16. The Bertz CT molecular complexity index is 246. The molecule has 1 aromatic rings. The van der Waals surface area contributed by atoms with Gasteiger partial charge in [-0.1, -0.05) is 0 Å². The largest absolute Gasteiger partial charge is 0.376 e. The monoisotopic (exact) mass is 199 g/mol. The van der Waals surface area contributed by atoms with Crippen molar-refractivity contribution in [1.82, 2.24) is 9.36 Å². The van der Waals surface area contributed by atoms with Crippen molar-refractivity contribution in [1.29, 1.82) is 0 Å². The van der Waals surface area contributed by atoms with Gasteiger partial charge in [0, 0.05) is 18.1 Å². The predicted molar refractivity (Wildman–Crippen MR) is 52.0 cm³/mol. The van der Waals surface area contributed by atoms with E-state index in [0.717, 1.165) is 18.2 Å². The van der Waals surface area contributed by atoms with Crippen molar-refractivity contribution in [3.05, 3.63) is 6.33 Å². The minimum atomic E-state index is 0.329. The molecule has 0 radical (unpaired) electrons. The molecule has 1 aliphatic heterocycles. The van der Waals surface area contributed by atoms with E-state index in [1.807, 2.05) is 0 Å². The van der Waals surface area contributed by atoms with Crippen LogP contribution in [0.25, 0.3) is 0 Å². The molecule has 0 aliphatic carbocycles. The second kappa shape index (κ2) is 4.02. The van der Waals surface area contributed by atoms with Crippen LogP contribution in [0.5, 0.6) is 0 Å². The molecule has 0 aromatic carbocycles. The SMILES string of the molecule is CC(Nc1ncns1)C1CCCO1. The molecular formula is C8H13N3OS. The summed E-state index contributed by atoms with van der Waals surface area (Å²) in [6, 6.07) is 0.329. The lowest BCUT2D eigenvalue weighted by molar-refractivity contribution is 0.0996. The fourth-order valence-corrected chi connectivity index (χ4v) is 2.05. The van der Waals surface area contributed by atoms with E-state index in [4.69, 9.17) is 4.74 Å². The van der Waals surface area contributed by atoms with Crippen LogP contribution in [-0.2, 0) is 4.74 Å². The molecule has 1 aromatic heterocycles. The van der Waals surface area contributed by atoms with Crippen molar-refractivity contribution in [2.45, 2.75) is 31.9 Å². The van der Waals surface area contributed by atoms with Crippen LogP contribution < -0.4 is 5.32 Å². The highest BCUT2D eigenvalue weighted by atomic mass is 32.1. The van der Waals surface area contributed by atoms with E-state index in [0.29, 0.717) is 12.1 Å². The van der Waals surface area contributed by atoms with Gasteiger partial charge in [0.25, 0.3) is 0 Å². The van der Waals surface area contributed by atoms with E-state index in [2.05, 4.69) is 21.6 Å². The van der Waals surface area contributed by atoms with E-state index in [1.54, 1.807) is 6.33 Å². The highest BCUT2D eigenvalue weighted by Gasteiger charge is 2.22. The Hall–Kier alpha value is -0.680. The van der Waals surface area contributed by atoms with Crippen molar-refractivity contribution in [2.75, 3.05) is 11.9 Å². The highest BCUT2D eigenvalue weighted by Crippen LogP contribution is 2.19. The van der Waals surface area contributed by atoms with Crippen LogP contribution in [0.15, 0.2) is 6.33 Å². The number of aromatic nitrogens is 2. The molecule has 2 atom stereocenters. The van der Waals surface area contributed by atoms with Gasteiger partial charge >= 0.3 is 0 Å². The van der Waals surface area contributed by atoms with E-state index in [-0.39, 0.29) is 0 Å². The first kappa shape index (κ1) is 8.90. The molecule has 0 spiro atoms. The Labute approximate surface area is 81.5 Å². The predicted octanol–water partition coefficient (Wildman–Crippen LogP) is 1.52. The van der Waals surface area contributed by atoms with Crippen LogP contribution in [0.3, 0.4) is 0 Å². The highest BCUT2D eigenvalue weighted by molar-refractivity contribution is 7.09. The topological polar surface area (TPSA) is 47.0 Å². The second-order valence-corrected chi connectivity index (χ2v) is 4.01. The summed E-state index contributed by atoms with van der Waals surface area (Å²) in [6.07, 6.45) is 4.22.